The molecule has 0 aliphatic rings. The summed E-state index contributed by atoms with van der Waals surface area (Å²) in [6.45, 7) is 2.16. The molecule has 21 heavy (non-hydrogen) atoms. The minimum absolute atomic E-state index is 0.135. The first-order valence-electron chi connectivity index (χ1n) is 6.03. The number of hydrogen-bond acceptors (Lipinski definition) is 6. The summed E-state index contributed by atoms with van der Waals surface area (Å²) in [5.41, 5.74) is -0.710. The quantitative estimate of drug-likeness (QED) is 0.690. The lowest BCUT2D eigenvalue weighted by Crippen LogP contribution is -2.26. The van der Waals surface area contributed by atoms with E-state index in [1.807, 2.05) is 6.92 Å². The lowest BCUT2D eigenvalue weighted by molar-refractivity contribution is -0.386. The van der Waals surface area contributed by atoms with Gasteiger partial charge in [0.15, 0.2) is 5.75 Å². The number of phenolic OH excluding ortho intramolecular Hbond substituents is 1. The second kappa shape index (κ2) is 5.88. The molecule has 0 spiro atoms. The highest BCUT2D eigenvalue weighted by Gasteiger charge is 2.26. The molecule has 0 saturated carbocycles. The van der Waals surface area contributed by atoms with Crippen molar-refractivity contribution in [3.05, 3.63) is 50.0 Å². The fraction of sp³-hybridized carbons (Fsp3) is 0.231. The van der Waals surface area contributed by atoms with Crippen LogP contribution < -0.4 is 0 Å². The topological polar surface area (TPSA) is 96.6 Å². The Balaban J connectivity index is 2.27. The summed E-state index contributed by atoms with van der Waals surface area (Å²) in [5.74, 6) is -1.04. The number of hydrogen-bond donors (Lipinski definition) is 1. The van der Waals surface area contributed by atoms with Crippen LogP contribution in [0.1, 0.15) is 20.2 Å². The molecule has 0 aliphatic heterocycles. The summed E-state index contributed by atoms with van der Waals surface area (Å²) in [6, 6.07) is 3.91. The van der Waals surface area contributed by atoms with Crippen molar-refractivity contribution in [3.8, 4) is 5.75 Å². The van der Waals surface area contributed by atoms with Crippen LogP contribution in [0.25, 0.3) is 0 Å². The minimum atomic E-state index is -0.757. The third kappa shape index (κ3) is 3.16. The van der Waals surface area contributed by atoms with Crippen molar-refractivity contribution in [1.82, 2.24) is 9.88 Å². The van der Waals surface area contributed by atoms with E-state index in [2.05, 4.69) is 4.98 Å². The SMILES string of the molecule is Cc1ncc(CN(C)C(=O)c2cccc(O)c2[N+](=O)[O-])s1. The van der Waals surface area contributed by atoms with E-state index >= 15 is 0 Å². The van der Waals surface area contributed by atoms with Gasteiger partial charge in [0.2, 0.25) is 0 Å². The average molecular weight is 307 g/mol. The monoisotopic (exact) mass is 307 g/mol. The zero-order valence-electron chi connectivity index (χ0n) is 11.4. The molecule has 1 aromatic carbocycles. The van der Waals surface area contributed by atoms with Gasteiger partial charge in [-0.15, -0.1) is 11.3 Å². The number of nitro groups is 1. The number of benzene rings is 1. The van der Waals surface area contributed by atoms with E-state index in [0.29, 0.717) is 6.54 Å². The Morgan fingerprint density at radius 3 is 2.81 bits per heavy atom. The molecule has 8 heteroatoms. The average Bonchev–Trinajstić information content (AvgIpc) is 2.82. The lowest BCUT2D eigenvalue weighted by atomic mass is 10.1. The van der Waals surface area contributed by atoms with Crippen molar-refractivity contribution in [2.75, 3.05) is 7.05 Å². The highest BCUT2D eigenvalue weighted by molar-refractivity contribution is 7.11. The largest absolute Gasteiger partial charge is 0.502 e. The van der Waals surface area contributed by atoms with Crippen LogP contribution in [0.15, 0.2) is 24.4 Å². The molecule has 0 atom stereocenters. The number of aromatic hydroxyl groups is 1. The zero-order chi connectivity index (χ0) is 15.6. The molecule has 0 fully saturated rings. The molecule has 0 radical (unpaired) electrons. The summed E-state index contributed by atoms with van der Waals surface area (Å²) >= 11 is 1.45. The fourth-order valence-electron chi connectivity index (χ4n) is 1.89. The molecule has 0 aliphatic carbocycles. The van der Waals surface area contributed by atoms with Crippen LogP contribution in [-0.4, -0.2) is 32.9 Å². The number of rotatable bonds is 4. The fourth-order valence-corrected chi connectivity index (χ4v) is 2.73. The highest BCUT2D eigenvalue weighted by Crippen LogP contribution is 2.30. The van der Waals surface area contributed by atoms with Crippen LogP contribution in [0.3, 0.4) is 0 Å². The number of nitro benzene ring substituents is 1. The van der Waals surface area contributed by atoms with Gasteiger partial charge in [-0.1, -0.05) is 6.07 Å². The molecule has 110 valence electrons. The minimum Gasteiger partial charge on any atom is -0.502 e. The Labute approximate surface area is 124 Å². The van der Waals surface area contributed by atoms with Gasteiger partial charge in [0, 0.05) is 18.1 Å². The summed E-state index contributed by atoms with van der Waals surface area (Å²) < 4.78 is 0. The molecule has 1 aromatic heterocycles. The molecule has 0 bridgehead atoms. The number of phenols is 1. The van der Waals surface area contributed by atoms with Gasteiger partial charge < -0.3 is 10.0 Å². The van der Waals surface area contributed by atoms with Crippen molar-refractivity contribution < 1.29 is 14.8 Å². The van der Waals surface area contributed by atoms with Crippen molar-refractivity contribution in [3.63, 3.8) is 0 Å². The van der Waals surface area contributed by atoms with Crippen molar-refractivity contribution in [2.24, 2.45) is 0 Å². The van der Waals surface area contributed by atoms with Crippen molar-refractivity contribution >= 4 is 22.9 Å². The molecular weight excluding hydrogens is 294 g/mol. The molecule has 0 saturated heterocycles. The normalized spacial score (nSPS) is 10.4. The van der Waals surface area contributed by atoms with E-state index in [-0.39, 0.29) is 5.56 Å². The molecule has 2 aromatic rings. The van der Waals surface area contributed by atoms with Crippen LogP contribution in [-0.2, 0) is 6.54 Å². The third-order valence-corrected chi connectivity index (χ3v) is 3.73. The maximum absolute atomic E-state index is 12.3. The number of amides is 1. The highest BCUT2D eigenvalue weighted by atomic mass is 32.1. The van der Waals surface area contributed by atoms with E-state index in [1.54, 1.807) is 13.2 Å². The standard InChI is InChI=1S/C13H13N3O4S/c1-8-14-6-9(21-8)7-15(2)13(18)10-4-3-5-11(17)12(10)16(19)20/h3-6,17H,7H2,1-2H3. The molecule has 1 heterocycles. The van der Waals surface area contributed by atoms with E-state index in [9.17, 15) is 20.0 Å². The number of thiazole rings is 1. The van der Waals surface area contributed by atoms with Gasteiger partial charge in [0.1, 0.15) is 5.56 Å². The predicted octanol–water partition coefficient (Wildman–Crippen LogP) is 2.34. The van der Waals surface area contributed by atoms with Gasteiger partial charge in [0.05, 0.1) is 16.5 Å². The summed E-state index contributed by atoms with van der Waals surface area (Å²) in [5, 5.41) is 21.4. The van der Waals surface area contributed by atoms with E-state index in [0.717, 1.165) is 9.88 Å². The maximum atomic E-state index is 12.3. The lowest BCUT2D eigenvalue weighted by Gasteiger charge is -2.16. The Hall–Kier alpha value is -2.48. The first-order valence-corrected chi connectivity index (χ1v) is 6.85. The van der Waals surface area contributed by atoms with Crippen LogP contribution in [0.4, 0.5) is 5.69 Å². The van der Waals surface area contributed by atoms with Crippen LogP contribution >= 0.6 is 11.3 Å². The van der Waals surface area contributed by atoms with Gasteiger partial charge in [-0.05, 0) is 19.1 Å². The van der Waals surface area contributed by atoms with Gasteiger partial charge in [-0.2, -0.15) is 0 Å². The number of para-hydroxylation sites is 1. The van der Waals surface area contributed by atoms with Gasteiger partial charge in [-0.3, -0.25) is 14.9 Å². The van der Waals surface area contributed by atoms with Crippen molar-refractivity contribution in [2.45, 2.75) is 13.5 Å². The number of aryl methyl sites for hydroxylation is 1. The van der Waals surface area contributed by atoms with E-state index in [4.69, 9.17) is 0 Å². The molecule has 1 N–H and O–H groups in total. The number of aromatic nitrogens is 1. The molecular formula is C13H13N3O4S. The molecule has 2 rings (SSSR count). The van der Waals surface area contributed by atoms with Crippen LogP contribution in [0.2, 0.25) is 0 Å². The predicted molar refractivity (Wildman–Crippen MR) is 77.4 cm³/mol. The van der Waals surface area contributed by atoms with Crippen LogP contribution in [0.5, 0.6) is 5.75 Å². The smallest absolute Gasteiger partial charge is 0.323 e. The van der Waals surface area contributed by atoms with Crippen molar-refractivity contribution in [1.29, 1.82) is 0 Å². The summed E-state index contributed by atoms with van der Waals surface area (Å²) in [7, 11) is 1.55. The Morgan fingerprint density at radius 1 is 1.52 bits per heavy atom. The molecule has 1 amide bonds. The number of carbonyl (C=O) groups excluding carboxylic acids is 1. The second-order valence-electron chi connectivity index (χ2n) is 4.44. The summed E-state index contributed by atoms with van der Waals surface area (Å²) in [4.78, 5) is 28.9. The Kier molecular flexibility index (Phi) is 4.18. The first kappa shape index (κ1) is 14.9. The Bertz CT molecular complexity index is 698. The zero-order valence-corrected chi connectivity index (χ0v) is 12.3. The van der Waals surface area contributed by atoms with Gasteiger partial charge in [-0.25, -0.2) is 4.98 Å². The Morgan fingerprint density at radius 2 is 2.24 bits per heavy atom. The summed E-state index contributed by atoms with van der Waals surface area (Å²) in [6.07, 6.45) is 1.67. The van der Waals surface area contributed by atoms with E-state index in [1.165, 1.54) is 34.4 Å². The second-order valence-corrected chi connectivity index (χ2v) is 5.76. The number of nitrogens with zero attached hydrogens (tertiary/aromatic N) is 3. The van der Waals surface area contributed by atoms with Crippen LogP contribution in [0, 0.1) is 17.0 Å². The third-order valence-electron chi connectivity index (χ3n) is 2.84. The number of carbonyl (C=O) groups is 1. The van der Waals surface area contributed by atoms with Gasteiger partial charge in [0.25, 0.3) is 5.91 Å². The molecule has 0 unspecified atom stereocenters. The van der Waals surface area contributed by atoms with Gasteiger partial charge >= 0.3 is 5.69 Å². The van der Waals surface area contributed by atoms with E-state index < -0.39 is 22.3 Å². The molecule has 7 nitrogen and oxygen atoms in total. The first-order chi connectivity index (χ1) is 9.90. The maximum Gasteiger partial charge on any atom is 0.323 e.